The molecule has 1 aliphatic rings. The zero-order chi connectivity index (χ0) is 14.8. The van der Waals surface area contributed by atoms with E-state index in [4.69, 9.17) is 5.73 Å². The number of nitrogens with two attached hydrogens (primary N) is 1. The molecule has 1 unspecified atom stereocenters. The number of hydrogen-bond donors (Lipinski definition) is 2. The molecule has 0 spiro atoms. The molecular formula is C12H16F2N2O2S2. The predicted octanol–water partition coefficient (Wildman–Crippen LogP) is 2.11. The Bertz CT molecular complexity index is 587. The van der Waals surface area contributed by atoms with Gasteiger partial charge in [-0.05, 0) is 30.7 Å². The third-order valence-electron chi connectivity index (χ3n) is 3.08. The number of anilines is 1. The number of sulfonamides is 1. The van der Waals surface area contributed by atoms with Gasteiger partial charge in [-0.1, -0.05) is 6.42 Å². The highest BCUT2D eigenvalue weighted by Gasteiger charge is 2.24. The van der Waals surface area contributed by atoms with Crippen LogP contribution in [0.15, 0.2) is 17.0 Å². The van der Waals surface area contributed by atoms with Gasteiger partial charge in [0.1, 0.15) is 4.90 Å². The molecule has 8 heteroatoms. The number of nitrogen functional groups attached to an aromatic ring is 1. The fourth-order valence-corrected chi connectivity index (χ4v) is 4.57. The monoisotopic (exact) mass is 322 g/mol. The molecule has 1 aromatic carbocycles. The molecule has 1 saturated heterocycles. The van der Waals surface area contributed by atoms with Crippen molar-refractivity contribution in [2.45, 2.75) is 29.4 Å². The van der Waals surface area contributed by atoms with Crippen molar-refractivity contribution >= 4 is 27.5 Å². The fourth-order valence-electron chi connectivity index (χ4n) is 2.03. The van der Waals surface area contributed by atoms with Crippen LogP contribution in [0.4, 0.5) is 14.5 Å². The Balaban J connectivity index is 2.14. The summed E-state index contributed by atoms with van der Waals surface area (Å²) < 4.78 is 53.2. The van der Waals surface area contributed by atoms with Crippen molar-refractivity contribution in [1.82, 2.24) is 4.72 Å². The Morgan fingerprint density at radius 1 is 1.35 bits per heavy atom. The molecule has 112 valence electrons. The topological polar surface area (TPSA) is 72.2 Å². The molecule has 0 amide bonds. The van der Waals surface area contributed by atoms with Crippen molar-refractivity contribution in [3.63, 3.8) is 0 Å². The number of hydrogen-bond acceptors (Lipinski definition) is 4. The van der Waals surface area contributed by atoms with Crippen molar-refractivity contribution in [1.29, 1.82) is 0 Å². The summed E-state index contributed by atoms with van der Waals surface area (Å²) in [5.74, 6) is -1.67. The molecule has 0 radical (unpaired) electrons. The lowest BCUT2D eigenvalue weighted by Crippen LogP contribution is -2.32. The first-order valence-corrected chi connectivity index (χ1v) is 8.79. The van der Waals surface area contributed by atoms with Crippen molar-refractivity contribution in [2.75, 3.05) is 18.0 Å². The maximum atomic E-state index is 13.6. The molecule has 0 saturated carbocycles. The van der Waals surface area contributed by atoms with E-state index < -0.39 is 26.6 Å². The molecule has 1 aromatic rings. The Morgan fingerprint density at radius 2 is 2.10 bits per heavy atom. The van der Waals surface area contributed by atoms with Crippen LogP contribution < -0.4 is 10.5 Å². The van der Waals surface area contributed by atoms with Gasteiger partial charge in [0.05, 0.1) is 0 Å². The lowest BCUT2D eigenvalue weighted by Gasteiger charge is -2.21. The van der Waals surface area contributed by atoms with Gasteiger partial charge in [-0.15, -0.1) is 0 Å². The Hall–Kier alpha value is -0.860. The molecule has 1 atom stereocenters. The van der Waals surface area contributed by atoms with Gasteiger partial charge in [-0.2, -0.15) is 11.8 Å². The van der Waals surface area contributed by atoms with Gasteiger partial charge >= 0.3 is 0 Å². The average molecular weight is 322 g/mol. The quantitative estimate of drug-likeness (QED) is 0.833. The highest BCUT2D eigenvalue weighted by Crippen LogP contribution is 2.25. The number of halogens is 2. The molecule has 20 heavy (non-hydrogen) atoms. The molecular weight excluding hydrogens is 306 g/mol. The van der Waals surface area contributed by atoms with Gasteiger partial charge in [-0.3, -0.25) is 0 Å². The van der Waals surface area contributed by atoms with Crippen molar-refractivity contribution < 1.29 is 17.2 Å². The van der Waals surface area contributed by atoms with Crippen molar-refractivity contribution in [2.24, 2.45) is 0 Å². The van der Waals surface area contributed by atoms with Crippen LogP contribution in [-0.2, 0) is 10.0 Å². The van der Waals surface area contributed by atoms with E-state index in [9.17, 15) is 17.2 Å². The van der Waals surface area contributed by atoms with Gasteiger partial charge in [0.15, 0.2) is 11.6 Å². The summed E-state index contributed by atoms with van der Waals surface area (Å²) in [7, 11) is -4.09. The first-order valence-electron chi connectivity index (χ1n) is 6.26. The largest absolute Gasteiger partial charge is 0.399 e. The highest BCUT2D eigenvalue weighted by molar-refractivity contribution is 8.00. The number of benzene rings is 1. The van der Waals surface area contributed by atoms with E-state index >= 15 is 0 Å². The Labute approximate surface area is 121 Å². The van der Waals surface area contributed by atoms with Crippen LogP contribution in [0.3, 0.4) is 0 Å². The predicted molar refractivity (Wildman–Crippen MR) is 76.1 cm³/mol. The van der Waals surface area contributed by atoms with Gasteiger partial charge in [0.2, 0.25) is 10.0 Å². The van der Waals surface area contributed by atoms with Gasteiger partial charge in [0, 0.05) is 17.5 Å². The second kappa shape index (κ2) is 6.28. The van der Waals surface area contributed by atoms with E-state index in [2.05, 4.69) is 4.72 Å². The molecule has 0 aromatic heterocycles. The summed E-state index contributed by atoms with van der Waals surface area (Å²) >= 11 is 1.69. The van der Waals surface area contributed by atoms with Crippen LogP contribution >= 0.6 is 11.8 Å². The smallest absolute Gasteiger partial charge is 0.243 e. The van der Waals surface area contributed by atoms with Gasteiger partial charge < -0.3 is 5.73 Å². The molecule has 0 aliphatic carbocycles. The Morgan fingerprint density at radius 3 is 2.75 bits per heavy atom. The highest BCUT2D eigenvalue weighted by atomic mass is 32.2. The third kappa shape index (κ3) is 3.62. The minimum Gasteiger partial charge on any atom is -0.399 e. The van der Waals surface area contributed by atoms with Crippen LogP contribution in [0.1, 0.15) is 19.3 Å². The summed E-state index contributed by atoms with van der Waals surface area (Å²) in [6.07, 6.45) is 3.10. The van der Waals surface area contributed by atoms with Crippen LogP contribution in [0, 0.1) is 11.6 Å². The first-order chi connectivity index (χ1) is 9.40. The fraction of sp³-hybridized carbons (Fsp3) is 0.500. The first kappa shape index (κ1) is 15.5. The van der Waals surface area contributed by atoms with E-state index in [1.165, 1.54) is 0 Å². The van der Waals surface area contributed by atoms with Gasteiger partial charge in [-0.25, -0.2) is 21.9 Å². The lowest BCUT2D eigenvalue weighted by atomic mass is 10.2. The van der Waals surface area contributed by atoms with Crippen LogP contribution in [0.25, 0.3) is 0 Å². The standard InChI is InChI=1S/C12H16F2N2O2S2/c13-10-5-8(15)6-11(12(10)14)20(17,18)16-7-9-3-1-2-4-19-9/h5-6,9,16H,1-4,7,15H2. The maximum absolute atomic E-state index is 13.6. The average Bonchev–Trinajstić information content (AvgIpc) is 2.42. The summed E-state index contributed by atoms with van der Waals surface area (Å²) in [5, 5.41) is 0.174. The summed E-state index contributed by atoms with van der Waals surface area (Å²) in [4.78, 5) is -0.740. The minimum atomic E-state index is -4.09. The van der Waals surface area contributed by atoms with Crippen molar-refractivity contribution in [3.05, 3.63) is 23.8 Å². The SMILES string of the molecule is Nc1cc(F)c(F)c(S(=O)(=O)NCC2CCCCS2)c1. The van der Waals surface area contributed by atoms with Crippen LogP contribution in [0.5, 0.6) is 0 Å². The molecule has 2 rings (SSSR count). The minimum absolute atomic E-state index is 0.128. The summed E-state index contributed by atoms with van der Waals surface area (Å²) in [6.45, 7) is 0.211. The third-order valence-corrected chi connectivity index (χ3v) is 5.90. The molecule has 0 bridgehead atoms. The Kier molecular flexibility index (Phi) is 4.87. The number of rotatable bonds is 4. The normalized spacial score (nSPS) is 20.0. The second-order valence-electron chi connectivity index (χ2n) is 4.66. The molecule has 1 heterocycles. The van der Waals surface area contributed by atoms with E-state index in [0.29, 0.717) is 0 Å². The van der Waals surface area contributed by atoms with Crippen molar-refractivity contribution in [3.8, 4) is 0 Å². The molecule has 3 N–H and O–H groups in total. The molecule has 1 aliphatic heterocycles. The number of thioether (sulfide) groups is 1. The van der Waals surface area contributed by atoms with Crippen LogP contribution in [-0.4, -0.2) is 26.0 Å². The molecule has 1 fully saturated rings. The zero-order valence-corrected chi connectivity index (χ0v) is 12.4. The van der Waals surface area contributed by atoms with E-state index in [1.807, 2.05) is 0 Å². The van der Waals surface area contributed by atoms with E-state index in [-0.39, 0.29) is 17.5 Å². The van der Waals surface area contributed by atoms with E-state index in [1.54, 1.807) is 11.8 Å². The van der Waals surface area contributed by atoms with Gasteiger partial charge in [0.25, 0.3) is 0 Å². The second-order valence-corrected chi connectivity index (χ2v) is 7.80. The lowest BCUT2D eigenvalue weighted by molar-refractivity contribution is 0.483. The summed E-state index contributed by atoms with van der Waals surface area (Å²) in [5.41, 5.74) is 5.23. The maximum Gasteiger partial charge on any atom is 0.243 e. The zero-order valence-electron chi connectivity index (χ0n) is 10.7. The number of nitrogens with one attached hydrogen (secondary N) is 1. The van der Waals surface area contributed by atoms with E-state index in [0.717, 1.165) is 37.1 Å². The summed E-state index contributed by atoms with van der Waals surface area (Å²) in [6, 6.07) is 1.68. The molecule has 4 nitrogen and oxygen atoms in total. The van der Waals surface area contributed by atoms with Crippen LogP contribution in [0.2, 0.25) is 0 Å².